The fourth-order valence-corrected chi connectivity index (χ4v) is 5.49. The summed E-state index contributed by atoms with van der Waals surface area (Å²) in [4.78, 5) is 0. The SMILES string of the molecule is CCCO[Si](CC)(OCCC)OC(CC)C(F)(F)C(F)(F)C(F)(F)C(F)(F)C(F)(F)C(F)(F)C(F)(F)C(F)(F)F. The Morgan fingerprint density at radius 2 is 0.825 bits per heavy atom. The zero-order valence-corrected chi connectivity index (χ0v) is 22.0. The van der Waals surface area contributed by atoms with Gasteiger partial charge in [0.05, 0.1) is 0 Å². The molecule has 0 heterocycles. The lowest BCUT2D eigenvalue weighted by molar-refractivity contribution is -0.464. The zero-order chi connectivity index (χ0) is 32.4. The molecule has 1 atom stereocenters. The molecule has 0 radical (unpaired) electrons. The molecule has 0 aromatic carbocycles. The highest BCUT2D eigenvalue weighted by atomic mass is 28.4. The van der Waals surface area contributed by atoms with E-state index < -0.39 is 75.0 Å². The number of rotatable bonds is 17. The smallest absolute Gasteiger partial charge is 0.373 e. The molecule has 0 fully saturated rings. The van der Waals surface area contributed by atoms with Crippen LogP contribution in [0.4, 0.5) is 74.6 Å². The predicted molar refractivity (Wildman–Crippen MR) is 105 cm³/mol. The Kier molecular flexibility index (Phi) is 11.9. The fraction of sp³-hybridized carbons (Fsp3) is 1.00. The van der Waals surface area contributed by atoms with Crippen molar-refractivity contribution in [2.75, 3.05) is 13.2 Å². The van der Waals surface area contributed by atoms with E-state index >= 15 is 0 Å². The second-order valence-corrected chi connectivity index (χ2v) is 11.2. The highest BCUT2D eigenvalue weighted by Gasteiger charge is 2.95. The van der Waals surface area contributed by atoms with Crippen LogP contribution in [0.3, 0.4) is 0 Å². The van der Waals surface area contributed by atoms with Gasteiger partial charge < -0.3 is 13.3 Å². The third-order valence-corrected chi connectivity index (χ3v) is 8.13. The molecule has 0 bridgehead atoms. The fourth-order valence-electron chi connectivity index (χ4n) is 2.92. The maximum atomic E-state index is 14.8. The highest BCUT2D eigenvalue weighted by Crippen LogP contribution is 2.64. The van der Waals surface area contributed by atoms with Gasteiger partial charge in [0.15, 0.2) is 0 Å². The molecule has 0 aromatic rings. The minimum atomic E-state index is -8.68. The van der Waals surface area contributed by atoms with Crippen LogP contribution in [-0.4, -0.2) is 75.8 Å². The van der Waals surface area contributed by atoms with Gasteiger partial charge in [0, 0.05) is 19.3 Å². The first-order chi connectivity index (χ1) is 17.6. The lowest BCUT2D eigenvalue weighted by Gasteiger charge is -2.44. The molecule has 0 aliphatic heterocycles. The Labute approximate surface area is 217 Å². The van der Waals surface area contributed by atoms with Gasteiger partial charge in [-0.25, -0.2) is 0 Å². The standard InChI is InChI=1S/C19H25F17O3Si/c1-5-9-37-40(8-4,38-10-6-2)39-11(7-3)12(20,21)13(22,23)14(24,25)15(26,27)16(28,29)17(30,31)18(32,33)19(34,35)36/h11H,5-10H2,1-4H3. The molecule has 1 unspecified atom stereocenters. The molecule has 0 saturated carbocycles. The average Bonchev–Trinajstić information content (AvgIpc) is 2.82. The summed E-state index contributed by atoms with van der Waals surface area (Å²) in [7, 11) is -4.54. The molecule has 3 nitrogen and oxygen atoms in total. The topological polar surface area (TPSA) is 27.7 Å². The van der Waals surface area contributed by atoms with E-state index in [4.69, 9.17) is 13.3 Å². The third kappa shape index (κ3) is 6.16. The molecule has 0 aliphatic carbocycles. The van der Waals surface area contributed by atoms with Crippen molar-refractivity contribution in [1.29, 1.82) is 0 Å². The van der Waals surface area contributed by atoms with Gasteiger partial charge in [0.1, 0.15) is 6.10 Å². The summed E-state index contributed by atoms with van der Waals surface area (Å²) >= 11 is 0. The summed E-state index contributed by atoms with van der Waals surface area (Å²) in [5.41, 5.74) is 0. The quantitative estimate of drug-likeness (QED) is 0.116. The Bertz CT molecular complexity index is 808. The van der Waals surface area contributed by atoms with Crippen molar-refractivity contribution in [3.8, 4) is 0 Å². The summed E-state index contributed by atoms with van der Waals surface area (Å²) in [6, 6.07) is -0.519. The molecule has 0 rings (SSSR count). The Balaban J connectivity index is 6.89. The first kappa shape index (κ1) is 38.9. The normalized spacial score (nSPS) is 16.4. The monoisotopic (exact) mass is 652 g/mol. The highest BCUT2D eigenvalue weighted by molar-refractivity contribution is 6.60. The van der Waals surface area contributed by atoms with Crippen LogP contribution in [0.15, 0.2) is 0 Å². The minimum Gasteiger partial charge on any atom is -0.373 e. The van der Waals surface area contributed by atoms with E-state index in [1.165, 1.54) is 13.8 Å². The van der Waals surface area contributed by atoms with Crippen LogP contribution in [-0.2, 0) is 13.3 Å². The number of alkyl halides is 17. The Morgan fingerprint density at radius 3 is 1.10 bits per heavy atom. The van der Waals surface area contributed by atoms with Gasteiger partial charge in [0.2, 0.25) is 0 Å². The van der Waals surface area contributed by atoms with Gasteiger partial charge in [-0.2, -0.15) is 74.6 Å². The van der Waals surface area contributed by atoms with Gasteiger partial charge >= 0.3 is 56.4 Å². The maximum absolute atomic E-state index is 14.8. The Morgan fingerprint density at radius 1 is 0.500 bits per heavy atom. The molecule has 242 valence electrons. The molecule has 0 aliphatic rings. The predicted octanol–water partition coefficient (Wildman–Crippen LogP) is 8.60. The van der Waals surface area contributed by atoms with Crippen molar-refractivity contribution in [2.24, 2.45) is 0 Å². The molecule has 0 N–H and O–H groups in total. The Hall–Kier alpha value is -1.09. The summed E-state index contributed by atoms with van der Waals surface area (Å²) < 4.78 is 246. The number of halogens is 17. The molecule has 0 spiro atoms. The van der Waals surface area contributed by atoms with Gasteiger partial charge in [-0.05, 0) is 19.3 Å². The lowest BCUT2D eigenvalue weighted by atomic mass is 9.87. The van der Waals surface area contributed by atoms with Crippen LogP contribution in [0.5, 0.6) is 0 Å². The van der Waals surface area contributed by atoms with E-state index in [2.05, 4.69) is 0 Å². The van der Waals surface area contributed by atoms with Crippen molar-refractivity contribution < 1.29 is 87.9 Å². The summed E-state index contributed by atoms with van der Waals surface area (Å²) in [5.74, 6) is -57.0. The number of hydrogen-bond acceptors (Lipinski definition) is 3. The van der Waals surface area contributed by atoms with Crippen molar-refractivity contribution in [1.82, 2.24) is 0 Å². The van der Waals surface area contributed by atoms with Crippen molar-refractivity contribution in [3.05, 3.63) is 0 Å². The van der Waals surface area contributed by atoms with E-state index in [1.807, 2.05) is 0 Å². The van der Waals surface area contributed by atoms with Crippen LogP contribution >= 0.6 is 0 Å². The van der Waals surface area contributed by atoms with Gasteiger partial charge in [-0.3, -0.25) is 0 Å². The molecular formula is C19H25F17O3Si. The van der Waals surface area contributed by atoms with E-state index in [1.54, 1.807) is 0 Å². The molecule has 21 heteroatoms. The summed E-state index contributed by atoms with van der Waals surface area (Å²) in [5, 5.41) is 0. The van der Waals surface area contributed by atoms with Gasteiger partial charge in [-0.15, -0.1) is 0 Å². The van der Waals surface area contributed by atoms with Crippen LogP contribution in [0.1, 0.15) is 47.0 Å². The summed E-state index contributed by atoms with van der Waals surface area (Å²) in [6.45, 7) is 3.86. The number of hydrogen-bond donors (Lipinski definition) is 0. The molecule has 40 heavy (non-hydrogen) atoms. The molecule has 0 aromatic heterocycles. The van der Waals surface area contributed by atoms with Crippen LogP contribution in [0.2, 0.25) is 6.04 Å². The van der Waals surface area contributed by atoms with Crippen molar-refractivity contribution >= 4 is 8.80 Å². The molecule has 0 amide bonds. The second-order valence-electron chi connectivity index (χ2n) is 8.32. The third-order valence-electron chi connectivity index (χ3n) is 5.33. The largest absolute Gasteiger partial charge is 0.501 e. The minimum absolute atomic E-state index is 0.118. The van der Waals surface area contributed by atoms with Crippen LogP contribution in [0, 0.1) is 0 Å². The van der Waals surface area contributed by atoms with Crippen LogP contribution < -0.4 is 0 Å². The second kappa shape index (κ2) is 12.3. The van der Waals surface area contributed by atoms with Crippen molar-refractivity contribution in [3.63, 3.8) is 0 Å². The lowest BCUT2D eigenvalue weighted by Crippen LogP contribution is -2.75. The van der Waals surface area contributed by atoms with Crippen LogP contribution in [0.25, 0.3) is 0 Å². The van der Waals surface area contributed by atoms with E-state index in [0.29, 0.717) is 6.92 Å². The van der Waals surface area contributed by atoms with E-state index in [-0.39, 0.29) is 26.1 Å². The molecule has 0 saturated heterocycles. The molecular weight excluding hydrogens is 627 g/mol. The van der Waals surface area contributed by atoms with Crippen molar-refractivity contribution in [2.45, 2.75) is 107 Å². The van der Waals surface area contributed by atoms with E-state index in [9.17, 15) is 74.6 Å². The zero-order valence-electron chi connectivity index (χ0n) is 21.0. The first-order valence-corrected chi connectivity index (χ1v) is 13.2. The van der Waals surface area contributed by atoms with Gasteiger partial charge in [0.25, 0.3) is 0 Å². The van der Waals surface area contributed by atoms with Gasteiger partial charge in [-0.1, -0.05) is 27.7 Å². The average molecular weight is 652 g/mol. The first-order valence-electron chi connectivity index (χ1n) is 11.3. The maximum Gasteiger partial charge on any atom is 0.501 e. The summed E-state index contributed by atoms with van der Waals surface area (Å²) in [6.07, 6.45) is -12.7. The van der Waals surface area contributed by atoms with E-state index in [0.717, 1.165) is 6.92 Å².